The fourth-order valence-corrected chi connectivity index (χ4v) is 1.94. The SMILES string of the molecule is O=c1cc(O)c(CNC2CC2)nn1-c1ccc(F)c(F)c1. The molecule has 0 atom stereocenters. The molecule has 0 unspecified atom stereocenters. The maximum absolute atomic E-state index is 13.3. The largest absolute Gasteiger partial charge is 0.506 e. The molecule has 1 aliphatic carbocycles. The summed E-state index contributed by atoms with van der Waals surface area (Å²) in [6.07, 6.45) is 2.15. The van der Waals surface area contributed by atoms with Crippen molar-refractivity contribution in [3.8, 4) is 11.4 Å². The number of aromatic nitrogens is 2. The third kappa shape index (κ3) is 2.92. The lowest BCUT2D eigenvalue weighted by molar-refractivity contribution is 0.451. The Hall–Kier alpha value is -2.28. The number of nitrogens with one attached hydrogen (secondary N) is 1. The standard InChI is InChI=1S/C14H13F2N3O2/c15-10-4-3-9(5-11(10)16)19-14(21)6-13(20)12(18-19)7-17-8-1-2-8/h3-6,8,17,20H,1-2,7H2. The van der Waals surface area contributed by atoms with Crippen LogP contribution in [0.2, 0.25) is 0 Å². The molecule has 1 aliphatic rings. The Kier molecular flexibility index (Phi) is 3.42. The van der Waals surface area contributed by atoms with Crippen LogP contribution in [0.15, 0.2) is 29.1 Å². The molecule has 0 saturated heterocycles. The van der Waals surface area contributed by atoms with Gasteiger partial charge in [-0.3, -0.25) is 4.79 Å². The minimum absolute atomic E-state index is 0.103. The molecule has 1 aromatic heterocycles. The number of rotatable bonds is 4. The van der Waals surface area contributed by atoms with Crippen molar-refractivity contribution in [2.45, 2.75) is 25.4 Å². The highest BCUT2D eigenvalue weighted by Gasteiger charge is 2.21. The summed E-state index contributed by atoms with van der Waals surface area (Å²) < 4.78 is 27.1. The third-order valence-corrected chi connectivity index (χ3v) is 3.27. The summed E-state index contributed by atoms with van der Waals surface area (Å²) in [5, 5.41) is 16.9. The number of halogens is 2. The Balaban J connectivity index is 1.97. The van der Waals surface area contributed by atoms with Crippen LogP contribution in [0.3, 0.4) is 0 Å². The van der Waals surface area contributed by atoms with Crippen molar-refractivity contribution in [3.05, 3.63) is 51.9 Å². The number of nitrogens with zero attached hydrogens (tertiary/aromatic N) is 2. The molecule has 0 radical (unpaired) electrons. The smallest absolute Gasteiger partial charge is 0.275 e. The maximum Gasteiger partial charge on any atom is 0.275 e. The predicted molar refractivity (Wildman–Crippen MR) is 71.3 cm³/mol. The van der Waals surface area contributed by atoms with Crippen molar-refractivity contribution in [3.63, 3.8) is 0 Å². The molecule has 2 aromatic rings. The lowest BCUT2D eigenvalue weighted by Crippen LogP contribution is -2.24. The summed E-state index contributed by atoms with van der Waals surface area (Å²) in [5.74, 6) is -2.28. The first-order valence-corrected chi connectivity index (χ1v) is 6.55. The van der Waals surface area contributed by atoms with Crippen LogP contribution in [0.4, 0.5) is 8.78 Å². The van der Waals surface area contributed by atoms with Gasteiger partial charge in [0.1, 0.15) is 11.4 Å². The van der Waals surface area contributed by atoms with E-state index in [-0.39, 0.29) is 17.1 Å². The highest BCUT2D eigenvalue weighted by molar-refractivity contribution is 5.34. The Labute approximate surface area is 118 Å². The van der Waals surface area contributed by atoms with E-state index in [9.17, 15) is 18.7 Å². The third-order valence-electron chi connectivity index (χ3n) is 3.27. The van der Waals surface area contributed by atoms with E-state index in [1.165, 1.54) is 6.07 Å². The van der Waals surface area contributed by atoms with Crippen molar-refractivity contribution < 1.29 is 13.9 Å². The van der Waals surface area contributed by atoms with E-state index in [4.69, 9.17) is 0 Å². The number of aromatic hydroxyl groups is 1. The molecule has 0 spiro atoms. The molecule has 1 aromatic carbocycles. The van der Waals surface area contributed by atoms with Crippen LogP contribution in [0, 0.1) is 11.6 Å². The summed E-state index contributed by atoms with van der Waals surface area (Å²) in [6.45, 7) is 0.306. The first-order valence-electron chi connectivity index (χ1n) is 6.55. The average molecular weight is 293 g/mol. The first kappa shape index (κ1) is 13.7. The average Bonchev–Trinajstić information content (AvgIpc) is 3.25. The van der Waals surface area contributed by atoms with Crippen molar-refractivity contribution in [1.82, 2.24) is 15.1 Å². The quantitative estimate of drug-likeness (QED) is 0.896. The van der Waals surface area contributed by atoms with Gasteiger partial charge in [-0.25, -0.2) is 8.78 Å². The molecular formula is C14H13F2N3O2. The second-order valence-corrected chi connectivity index (χ2v) is 4.98. The summed E-state index contributed by atoms with van der Waals surface area (Å²) in [7, 11) is 0. The van der Waals surface area contributed by atoms with E-state index in [1.807, 2.05) is 0 Å². The van der Waals surface area contributed by atoms with Gasteiger partial charge in [0.25, 0.3) is 5.56 Å². The van der Waals surface area contributed by atoms with E-state index in [0.717, 1.165) is 35.7 Å². The van der Waals surface area contributed by atoms with Gasteiger partial charge in [0, 0.05) is 24.7 Å². The summed E-state index contributed by atoms with van der Waals surface area (Å²) >= 11 is 0. The van der Waals surface area contributed by atoms with E-state index in [0.29, 0.717) is 12.6 Å². The zero-order valence-corrected chi connectivity index (χ0v) is 11.0. The molecule has 5 nitrogen and oxygen atoms in total. The highest BCUT2D eigenvalue weighted by atomic mass is 19.2. The molecule has 110 valence electrons. The van der Waals surface area contributed by atoms with Gasteiger partial charge in [-0.15, -0.1) is 0 Å². The van der Waals surface area contributed by atoms with Crippen molar-refractivity contribution >= 4 is 0 Å². The van der Waals surface area contributed by atoms with E-state index in [1.54, 1.807) is 0 Å². The van der Waals surface area contributed by atoms with Gasteiger partial charge in [0.05, 0.1) is 5.69 Å². The van der Waals surface area contributed by atoms with Crippen LogP contribution >= 0.6 is 0 Å². The second-order valence-electron chi connectivity index (χ2n) is 4.98. The lowest BCUT2D eigenvalue weighted by atomic mass is 10.3. The molecule has 21 heavy (non-hydrogen) atoms. The fourth-order valence-electron chi connectivity index (χ4n) is 1.94. The highest BCUT2D eigenvalue weighted by Crippen LogP contribution is 2.20. The van der Waals surface area contributed by atoms with Crippen molar-refractivity contribution in [2.24, 2.45) is 0 Å². The molecule has 3 rings (SSSR count). The van der Waals surface area contributed by atoms with Crippen LogP contribution in [0.1, 0.15) is 18.5 Å². The van der Waals surface area contributed by atoms with Crippen LogP contribution in [0.5, 0.6) is 5.75 Å². The topological polar surface area (TPSA) is 67.2 Å². The second kappa shape index (κ2) is 5.25. The number of hydrogen-bond acceptors (Lipinski definition) is 4. The molecular weight excluding hydrogens is 280 g/mol. The Morgan fingerprint density at radius 2 is 2.05 bits per heavy atom. The Bertz CT molecular complexity index is 741. The van der Waals surface area contributed by atoms with Gasteiger partial charge in [0.2, 0.25) is 0 Å². The number of hydrogen-bond donors (Lipinski definition) is 2. The van der Waals surface area contributed by atoms with Gasteiger partial charge in [-0.05, 0) is 25.0 Å². The summed E-state index contributed by atoms with van der Waals surface area (Å²) in [5.41, 5.74) is -0.230. The van der Waals surface area contributed by atoms with Crippen LogP contribution in [-0.2, 0) is 6.54 Å². The van der Waals surface area contributed by atoms with Crippen LogP contribution < -0.4 is 10.9 Å². The van der Waals surface area contributed by atoms with Crippen LogP contribution in [0.25, 0.3) is 5.69 Å². The minimum Gasteiger partial charge on any atom is -0.506 e. The molecule has 0 amide bonds. The zero-order valence-electron chi connectivity index (χ0n) is 11.0. The molecule has 2 N–H and O–H groups in total. The normalized spacial score (nSPS) is 14.4. The Morgan fingerprint density at radius 3 is 2.71 bits per heavy atom. The first-order chi connectivity index (χ1) is 10.0. The van der Waals surface area contributed by atoms with Crippen LogP contribution in [-0.4, -0.2) is 20.9 Å². The Morgan fingerprint density at radius 1 is 1.29 bits per heavy atom. The molecule has 7 heteroatoms. The van der Waals surface area contributed by atoms with Gasteiger partial charge < -0.3 is 10.4 Å². The van der Waals surface area contributed by atoms with Gasteiger partial charge in [-0.1, -0.05) is 0 Å². The maximum atomic E-state index is 13.3. The van der Waals surface area contributed by atoms with Gasteiger partial charge in [-0.2, -0.15) is 9.78 Å². The molecule has 1 fully saturated rings. The van der Waals surface area contributed by atoms with Crippen molar-refractivity contribution in [1.29, 1.82) is 0 Å². The molecule has 1 heterocycles. The molecule has 0 bridgehead atoms. The van der Waals surface area contributed by atoms with E-state index in [2.05, 4.69) is 10.4 Å². The number of benzene rings is 1. The summed E-state index contributed by atoms with van der Waals surface area (Å²) in [4.78, 5) is 11.8. The lowest BCUT2D eigenvalue weighted by Gasteiger charge is -2.09. The van der Waals surface area contributed by atoms with E-state index < -0.39 is 17.2 Å². The molecule has 0 aliphatic heterocycles. The van der Waals surface area contributed by atoms with Gasteiger partial charge >= 0.3 is 0 Å². The minimum atomic E-state index is -1.06. The predicted octanol–water partition coefficient (Wildman–Crippen LogP) is 1.47. The van der Waals surface area contributed by atoms with Gasteiger partial charge in [0.15, 0.2) is 11.6 Å². The van der Waals surface area contributed by atoms with E-state index >= 15 is 0 Å². The molecule has 1 saturated carbocycles. The fraction of sp³-hybridized carbons (Fsp3) is 0.286. The monoisotopic (exact) mass is 293 g/mol. The van der Waals surface area contributed by atoms with Crippen molar-refractivity contribution in [2.75, 3.05) is 0 Å². The zero-order chi connectivity index (χ0) is 15.0. The summed E-state index contributed by atoms with van der Waals surface area (Å²) in [6, 6.07) is 4.49.